The Morgan fingerprint density at radius 1 is 1.19 bits per heavy atom. The molecule has 1 atom stereocenters. The number of thiophene rings is 1. The van der Waals surface area contributed by atoms with Gasteiger partial charge in [-0.05, 0) is 69.7 Å². The SMILES string of the molecule is Cc1cccc(CCNC(C)c2cc3c(s2)CCCC3)c1. The third-order valence-electron chi connectivity index (χ3n) is 4.39. The molecule has 1 unspecified atom stereocenters. The Hall–Kier alpha value is -1.12. The highest BCUT2D eigenvalue weighted by molar-refractivity contribution is 7.12. The third kappa shape index (κ3) is 3.75. The number of hydrogen-bond acceptors (Lipinski definition) is 2. The zero-order valence-electron chi connectivity index (χ0n) is 13.1. The van der Waals surface area contributed by atoms with Crippen LogP contribution in [0, 0.1) is 6.92 Å². The van der Waals surface area contributed by atoms with Crippen LogP contribution in [-0.2, 0) is 19.3 Å². The largest absolute Gasteiger partial charge is 0.309 e. The Balaban J connectivity index is 1.54. The van der Waals surface area contributed by atoms with Gasteiger partial charge in [0, 0.05) is 15.8 Å². The molecular weight excluding hydrogens is 274 g/mol. The Kier molecular flexibility index (Phi) is 4.77. The Morgan fingerprint density at radius 2 is 2.05 bits per heavy atom. The van der Waals surface area contributed by atoms with Gasteiger partial charge in [-0.3, -0.25) is 0 Å². The highest BCUT2D eigenvalue weighted by Gasteiger charge is 2.16. The van der Waals surface area contributed by atoms with Crippen LogP contribution in [0.3, 0.4) is 0 Å². The van der Waals surface area contributed by atoms with Crippen molar-refractivity contribution in [1.29, 1.82) is 0 Å². The number of benzene rings is 1. The summed E-state index contributed by atoms with van der Waals surface area (Å²) in [6, 6.07) is 11.8. The average Bonchev–Trinajstić information content (AvgIpc) is 2.91. The topological polar surface area (TPSA) is 12.0 Å². The second kappa shape index (κ2) is 6.76. The number of fused-ring (bicyclic) bond motifs is 1. The van der Waals surface area contributed by atoms with E-state index in [0.29, 0.717) is 6.04 Å². The molecule has 1 nitrogen and oxygen atoms in total. The first-order chi connectivity index (χ1) is 10.2. The van der Waals surface area contributed by atoms with E-state index in [0.717, 1.165) is 13.0 Å². The standard InChI is InChI=1S/C19H25NS/c1-14-6-5-7-16(12-14)10-11-20-15(2)19-13-17-8-3-4-9-18(17)21-19/h5-7,12-13,15,20H,3-4,8-11H2,1-2H3. The van der Waals surface area contributed by atoms with Gasteiger partial charge in [-0.2, -0.15) is 0 Å². The molecule has 0 saturated heterocycles. The molecule has 112 valence electrons. The summed E-state index contributed by atoms with van der Waals surface area (Å²) in [6.07, 6.45) is 6.45. The van der Waals surface area contributed by atoms with E-state index in [-0.39, 0.29) is 0 Å². The summed E-state index contributed by atoms with van der Waals surface area (Å²) < 4.78 is 0. The van der Waals surface area contributed by atoms with E-state index in [9.17, 15) is 0 Å². The van der Waals surface area contributed by atoms with Crippen molar-refractivity contribution in [3.63, 3.8) is 0 Å². The van der Waals surface area contributed by atoms with Crippen LogP contribution >= 0.6 is 11.3 Å². The lowest BCUT2D eigenvalue weighted by Gasteiger charge is -2.12. The maximum absolute atomic E-state index is 3.69. The fraction of sp³-hybridized carbons (Fsp3) is 0.474. The Labute approximate surface area is 132 Å². The van der Waals surface area contributed by atoms with Crippen LogP contribution in [0.15, 0.2) is 30.3 Å². The number of nitrogens with one attached hydrogen (secondary N) is 1. The molecule has 0 saturated carbocycles. The van der Waals surface area contributed by atoms with Crippen molar-refractivity contribution in [3.05, 3.63) is 56.8 Å². The summed E-state index contributed by atoms with van der Waals surface area (Å²) >= 11 is 2.03. The van der Waals surface area contributed by atoms with E-state index in [4.69, 9.17) is 0 Å². The van der Waals surface area contributed by atoms with Crippen LogP contribution in [0.2, 0.25) is 0 Å². The van der Waals surface area contributed by atoms with Gasteiger partial charge >= 0.3 is 0 Å². The van der Waals surface area contributed by atoms with Gasteiger partial charge in [-0.15, -0.1) is 11.3 Å². The van der Waals surface area contributed by atoms with Gasteiger partial charge in [0.2, 0.25) is 0 Å². The summed E-state index contributed by atoms with van der Waals surface area (Å²) in [6.45, 7) is 5.51. The minimum atomic E-state index is 0.477. The first-order valence-electron chi connectivity index (χ1n) is 8.13. The van der Waals surface area contributed by atoms with Crippen LogP contribution in [0.25, 0.3) is 0 Å². The van der Waals surface area contributed by atoms with E-state index in [1.165, 1.54) is 41.7 Å². The van der Waals surface area contributed by atoms with Crippen LogP contribution in [0.5, 0.6) is 0 Å². The summed E-state index contributed by atoms with van der Waals surface area (Å²) in [5.74, 6) is 0. The molecule has 0 fully saturated rings. The highest BCUT2D eigenvalue weighted by Crippen LogP contribution is 2.32. The van der Waals surface area contributed by atoms with Crippen LogP contribution < -0.4 is 5.32 Å². The van der Waals surface area contributed by atoms with Crippen molar-refractivity contribution in [2.75, 3.05) is 6.54 Å². The van der Waals surface area contributed by atoms with Crippen molar-refractivity contribution in [2.45, 2.75) is 52.0 Å². The molecule has 3 rings (SSSR count). The molecule has 0 spiro atoms. The number of hydrogen-bond donors (Lipinski definition) is 1. The van der Waals surface area contributed by atoms with Gasteiger partial charge in [-0.25, -0.2) is 0 Å². The molecular formula is C19H25NS. The monoisotopic (exact) mass is 299 g/mol. The molecule has 0 amide bonds. The number of aryl methyl sites for hydroxylation is 3. The van der Waals surface area contributed by atoms with Crippen molar-refractivity contribution in [2.24, 2.45) is 0 Å². The first-order valence-corrected chi connectivity index (χ1v) is 8.94. The Bertz CT molecular complexity index is 576. The fourth-order valence-corrected chi connectivity index (χ4v) is 4.41. The fourth-order valence-electron chi connectivity index (χ4n) is 3.13. The minimum absolute atomic E-state index is 0.477. The molecule has 1 N–H and O–H groups in total. The lowest BCUT2D eigenvalue weighted by Crippen LogP contribution is -2.20. The Morgan fingerprint density at radius 3 is 2.86 bits per heavy atom. The van der Waals surface area contributed by atoms with Gasteiger partial charge < -0.3 is 5.32 Å². The van der Waals surface area contributed by atoms with Gasteiger partial charge in [-0.1, -0.05) is 29.8 Å². The maximum Gasteiger partial charge on any atom is 0.0386 e. The molecule has 1 aromatic heterocycles. The molecule has 2 aromatic rings. The van der Waals surface area contributed by atoms with Gasteiger partial charge in [0.15, 0.2) is 0 Å². The zero-order chi connectivity index (χ0) is 14.7. The summed E-state index contributed by atoms with van der Waals surface area (Å²) in [7, 11) is 0. The molecule has 21 heavy (non-hydrogen) atoms. The third-order valence-corrected chi connectivity index (χ3v) is 5.81. The normalized spacial score (nSPS) is 15.7. The first kappa shape index (κ1) is 14.8. The van der Waals surface area contributed by atoms with E-state index in [2.05, 4.69) is 49.5 Å². The minimum Gasteiger partial charge on any atom is -0.309 e. The van der Waals surface area contributed by atoms with Crippen molar-refractivity contribution >= 4 is 11.3 Å². The molecule has 1 aliphatic carbocycles. The summed E-state index contributed by atoms with van der Waals surface area (Å²) in [5.41, 5.74) is 4.40. The molecule has 2 heteroatoms. The quantitative estimate of drug-likeness (QED) is 0.834. The summed E-state index contributed by atoms with van der Waals surface area (Å²) in [4.78, 5) is 3.16. The van der Waals surface area contributed by atoms with Crippen LogP contribution in [0.4, 0.5) is 0 Å². The molecule has 1 aliphatic rings. The second-order valence-corrected chi connectivity index (χ2v) is 7.39. The van der Waals surface area contributed by atoms with Gasteiger partial charge in [0.05, 0.1) is 0 Å². The predicted molar refractivity (Wildman–Crippen MR) is 92.3 cm³/mol. The summed E-state index contributed by atoms with van der Waals surface area (Å²) in [5, 5.41) is 3.69. The number of rotatable bonds is 5. The van der Waals surface area contributed by atoms with Gasteiger partial charge in [0.25, 0.3) is 0 Å². The molecule has 1 aromatic carbocycles. The van der Waals surface area contributed by atoms with Crippen molar-refractivity contribution in [3.8, 4) is 0 Å². The van der Waals surface area contributed by atoms with E-state index in [1.807, 2.05) is 11.3 Å². The predicted octanol–water partition coefficient (Wildman–Crippen LogP) is 4.83. The van der Waals surface area contributed by atoms with E-state index < -0.39 is 0 Å². The van der Waals surface area contributed by atoms with E-state index >= 15 is 0 Å². The van der Waals surface area contributed by atoms with E-state index in [1.54, 1.807) is 10.4 Å². The molecule has 1 heterocycles. The lowest BCUT2D eigenvalue weighted by molar-refractivity contribution is 0.584. The molecule has 0 radical (unpaired) electrons. The lowest BCUT2D eigenvalue weighted by atomic mass is 9.99. The van der Waals surface area contributed by atoms with Gasteiger partial charge in [0.1, 0.15) is 0 Å². The smallest absolute Gasteiger partial charge is 0.0386 e. The van der Waals surface area contributed by atoms with Crippen LogP contribution in [0.1, 0.15) is 52.3 Å². The molecule has 0 bridgehead atoms. The zero-order valence-corrected chi connectivity index (χ0v) is 13.9. The highest BCUT2D eigenvalue weighted by atomic mass is 32.1. The maximum atomic E-state index is 3.69. The van der Waals surface area contributed by atoms with Crippen molar-refractivity contribution in [1.82, 2.24) is 5.32 Å². The van der Waals surface area contributed by atoms with Crippen molar-refractivity contribution < 1.29 is 0 Å². The molecule has 0 aliphatic heterocycles. The average molecular weight is 299 g/mol. The second-order valence-electron chi connectivity index (χ2n) is 6.22. The van der Waals surface area contributed by atoms with Crippen LogP contribution in [-0.4, -0.2) is 6.54 Å².